The Hall–Kier alpha value is -2.29. The fourth-order valence-corrected chi connectivity index (χ4v) is 1.92. The van der Waals surface area contributed by atoms with Crippen LogP contribution in [0.5, 0.6) is 5.75 Å². The van der Waals surface area contributed by atoms with E-state index in [4.69, 9.17) is 4.74 Å². The summed E-state index contributed by atoms with van der Waals surface area (Å²) in [5, 5.41) is 3.13. The predicted octanol–water partition coefficient (Wildman–Crippen LogP) is 3.22. The van der Waals surface area contributed by atoms with Gasteiger partial charge in [-0.25, -0.2) is 0 Å². The lowest BCUT2D eigenvalue weighted by Crippen LogP contribution is -2.05. The molecule has 0 unspecified atom stereocenters. The molecule has 0 saturated heterocycles. The molecule has 2 aromatic carbocycles. The largest absolute Gasteiger partial charge is 0.489 e. The summed E-state index contributed by atoms with van der Waals surface area (Å²) in [5.41, 5.74) is 3.45. The highest BCUT2D eigenvalue weighted by atomic mass is 16.5. The van der Waals surface area contributed by atoms with E-state index in [1.165, 1.54) is 11.1 Å². The quantitative estimate of drug-likeness (QED) is 0.890. The standard InChI is InChI=1S/C15H14N2O/c1-2-4-12(5-3-1)10-18-14-7-6-13-9-16-11-17-15(13)8-14/h1-8,11H,9-10H2,(H,16,17). The molecule has 3 heteroatoms. The fourth-order valence-electron chi connectivity index (χ4n) is 1.92. The molecule has 18 heavy (non-hydrogen) atoms. The van der Waals surface area contributed by atoms with Crippen LogP contribution in [0.15, 0.2) is 53.5 Å². The number of hydrogen-bond donors (Lipinski definition) is 1. The van der Waals surface area contributed by atoms with Crippen LogP contribution in [0.2, 0.25) is 0 Å². The first kappa shape index (κ1) is 10.8. The van der Waals surface area contributed by atoms with Crippen molar-refractivity contribution >= 4 is 12.0 Å². The maximum atomic E-state index is 5.77. The number of anilines is 1. The molecule has 0 bridgehead atoms. The summed E-state index contributed by atoms with van der Waals surface area (Å²) in [4.78, 5) is 4.16. The zero-order valence-electron chi connectivity index (χ0n) is 9.97. The molecule has 1 aliphatic heterocycles. The zero-order valence-corrected chi connectivity index (χ0v) is 9.97. The molecular formula is C15H14N2O. The Morgan fingerprint density at radius 3 is 2.89 bits per heavy atom. The van der Waals surface area contributed by atoms with Crippen molar-refractivity contribution < 1.29 is 4.74 Å². The fraction of sp³-hybridized carbons (Fsp3) is 0.133. The van der Waals surface area contributed by atoms with E-state index in [0.717, 1.165) is 18.0 Å². The maximum absolute atomic E-state index is 5.77. The summed E-state index contributed by atoms with van der Waals surface area (Å²) < 4.78 is 5.77. The monoisotopic (exact) mass is 238 g/mol. The van der Waals surface area contributed by atoms with Crippen molar-refractivity contribution in [1.82, 2.24) is 0 Å². The van der Waals surface area contributed by atoms with Gasteiger partial charge < -0.3 is 10.1 Å². The lowest BCUT2D eigenvalue weighted by Gasteiger charge is -2.14. The third-order valence-electron chi connectivity index (χ3n) is 2.90. The van der Waals surface area contributed by atoms with Crippen LogP contribution < -0.4 is 10.1 Å². The minimum atomic E-state index is 0.591. The molecule has 0 fully saturated rings. The molecule has 2 aromatic rings. The second-order valence-corrected chi connectivity index (χ2v) is 4.21. The van der Waals surface area contributed by atoms with Gasteiger partial charge >= 0.3 is 0 Å². The van der Waals surface area contributed by atoms with Crippen molar-refractivity contribution in [1.29, 1.82) is 0 Å². The first-order valence-electron chi connectivity index (χ1n) is 5.96. The van der Waals surface area contributed by atoms with Crippen molar-refractivity contribution in [3.63, 3.8) is 0 Å². The Kier molecular flexibility index (Phi) is 2.96. The number of hydrogen-bond acceptors (Lipinski definition) is 3. The van der Waals surface area contributed by atoms with Gasteiger partial charge in [0.2, 0.25) is 0 Å². The van der Waals surface area contributed by atoms with Gasteiger partial charge in [-0.2, -0.15) is 0 Å². The van der Waals surface area contributed by atoms with E-state index in [1.807, 2.05) is 30.3 Å². The first-order chi connectivity index (χ1) is 8.92. The van der Waals surface area contributed by atoms with Gasteiger partial charge in [-0.05, 0) is 17.2 Å². The van der Waals surface area contributed by atoms with E-state index in [2.05, 4.69) is 28.5 Å². The van der Waals surface area contributed by atoms with Crippen LogP contribution >= 0.6 is 0 Å². The van der Waals surface area contributed by atoms with E-state index in [0.29, 0.717) is 6.61 Å². The van der Waals surface area contributed by atoms with Gasteiger partial charge in [-0.1, -0.05) is 36.4 Å². The molecular weight excluding hydrogens is 224 g/mol. The van der Waals surface area contributed by atoms with Crippen LogP contribution in [0.4, 0.5) is 5.69 Å². The number of fused-ring (bicyclic) bond motifs is 1. The van der Waals surface area contributed by atoms with Crippen LogP contribution in [-0.2, 0) is 13.2 Å². The average Bonchev–Trinajstić information content (AvgIpc) is 2.46. The number of benzene rings is 2. The van der Waals surface area contributed by atoms with Gasteiger partial charge in [0.05, 0.1) is 12.9 Å². The molecule has 0 radical (unpaired) electrons. The molecule has 0 atom stereocenters. The lowest BCUT2D eigenvalue weighted by atomic mass is 10.1. The third-order valence-corrected chi connectivity index (χ3v) is 2.90. The van der Waals surface area contributed by atoms with E-state index in [1.54, 1.807) is 6.34 Å². The van der Waals surface area contributed by atoms with Crippen molar-refractivity contribution in [2.75, 3.05) is 5.32 Å². The third kappa shape index (κ3) is 2.35. The average molecular weight is 238 g/mol. The molecule has 0 aromatic heterocycles. The molecule has 0 spiro atoms. The van der Waals surface area contributed by atoms with Gasteiger partial charge in [0.1, 0.15) is 12.4 Å². The lowest BCUT2D eigenvalue weighted by molar-refractivity contribution is 0.306. The number of nitrogens with zero attached hydrogens (tertiary/aromatic N) is 1. The summed E-state index contributed by atoms with van der Waals surface area (Å²) in [6.45, 7) is 1.33. The van der Waals surface area contributed by atoms with Crippen LogP contribution in [0, 0.1) is 0 Å². The summed E-state index contributed by atoms with van der Waals surface area (Å²) in [5.74, 6) is 0.875. The zero-order chi connectivity index (χ0) is 12.2. The maximum Gasteiger partial charge on any atom is 0.121 e. The molecule has 0 amide bonds. The minimum absolute atomic E-state index is 0.591. The Labute approximate surface area is 106 Å². The van der Waals surface area contributed by atoms with Gasteiger partial charge in [0.15, 0.2) is 0 Å². The van der Waals surface area contributed by atoms with E-state index in [9.17, 15) is 0 Å². The number of aliphatic imine (C=N–C) groups is 1. The van der Waals surface area contributed by atoms with Crippen LogP contribution in [0.25, 0.3) is 0 Å². The highest BCUT2D eigenvalue weighted by Crippen LogP contribution is 2.25. The second kappa shape index (κ2) is 4.92. The van der Waals surface area contributed by atoms with Gasteiger partial charge in [0, 0.05) is 11.8 Å². The summed E-state index contributed by atoms with van der Waals surface area (Å²) in [6, 6.07) is 16.2. The van der Waals surface area contributed by atoms with Crippen molar-refractivity contribution in [2.45, 2.75) is 13.2 Å². The topological polar surface area (TPSA) is 33.6 Å². The summed E-state index contributed by atoms with van der Waals surface area (Å²) in [6.07, 6.45) is 1.73. The second-order valence-electron chi connectivity index (χ2n) is 4.21. The van der Waals surface area contributed by atoms with Crippen LogP contribution in [0.3, 0.4) is 0 Å². The number of nitrogens with one attached hydrogen (secondary N) is 1. The Balaban J connectivity index is 1.71. The van der Waals surface area contributed by atoms with Gasteiger partial charge in [-0.3, -0.25) is 4.99 Å². The highest BCUT2D eigenvalue weighted by Gasteiger charge is 2.06. The highest BCUT2D eigenvalue weighted by molar-refractivity contribution is 5.80. The molecule has 1 N–H and O–H groups in total. The van der Waals surface area contributed by atoms with E-state index >= 15 is 0 Å². The Morgan fingerprint density at radius 1 is 1.11 bits per heavy atom. The van der Waals surface area contributed by atoms with Crippen LogP contribution in [0.1, 0.15) is 11.1 Å². The van der Waals surface area contributed by atoms with Crippen molar-refractivity contribution in [3.05, 3.63) is 59.7 Å². The van der Waals surface area contributed by atoms with Crippen LogP contribution in [-0.4, -0.2) is 6.34 Å². The number of rotatable bonds is 3. The molecule has 1 heterocycles. The van der Waals surface area contributed by atoms with Crippen molar-refractivity contribution in [2.24, 2.45) is 4.99 Å². The molecule has 3 nitrogen and oxygen atoms in total. The minimum Gasteiger partial charge on any atom is -0.489 e. The molecule has 1 aliphatic rings. The molecule has 0 aliphatic carbocycles. The van der Waals surface area contributed by atoms with E-state index in [-0.39, 0.29) is 0 Å². The predicted molar refractivity (Wildman–Crippen MR) is 73.0 cm³/mol. The first-order valence-corrected chi connectivity index (χ1v) is 5.96. The van der Waals surface area contributed by atoms with Gasteiger partial charge in [-0.15, -0.1) is 0 Å². The normalized spacial score (nSPS) is 12.7. The SMILES string of the molecule is C1=NCc2ccc(OCc3ccccc3)cc2N1. The smallest absolute Gasteiger partial charge is 0.121 e. The molecule has 0 saturated carbocycles. The van der Waals surface area contributed by atoms with Gasteiger partial charge in [0.25, 0.3) is 0 Å². The summed E-state index contributed by atoms with van der Waals surface area (Å²) in [7, 11) is 0. The van der Waals surface area contributed by atoms with E-state index < -0.39 is 0 Å². The Bertz CT molecular complexity index is 564. The molecule has 90 valence electrons. The Morgan fingerprint density at radius 2 is 2.00 bits per heavy atom. The summed E-state index contributed by atoms with van der Waals surface area (Å²) >= 11 is 0. The molecule has 3 rings (SSSR count). The van der Waals surface area contributed by atoms with Crippen molar-refractivity contribution in [3.8, 4) is 5.75 Å². The number of ether oxygens (including phenoxy) is 1.